The minimum absolute atomic E-state index is 0.0941. The summed E-state index contributed by atoms with van der Waals surface area (Å²) in [6.45, 7) is 1.17. The SMILES string of the molecule is CSc1ncccc1C(=O)NCCn1nc(-c2ccccn2)c2c1CCCC2. The summed E-state index contributed by atoms with van der Waals surface area (Å²) in [6.07, 6.45) is 9.88. The molecule has 0 radical (unpaired) electrons. The van der Waals surface area contributed by atoms with Gasteiger partial charge in [0.2, 0.25) is 0 Å². The van der Waals surface area contributed by atoms with Gasteiger partial charge in [-0.15, -0.1) is 11.8 Å². The van der Waals surface area contributed by atoms with Crippen molar-refractivity contribution in [2.75, 3.05) is 12.8 Å². The summed E-state index contributed by atoms with van der Waals surface area (Å²) < 4.78 is 2.05. The fourth-order valence-corrected chi connectivity index (χ4v) is 4.21. The second-order valence-corrected chi connectivity index (χ2v) is 7.53. The highest BCUT2D eigenvalue weighted by Crippen LogP contribution is 2.30. The van der Waals surface area contributed by atoms with Crippen molar-refractivity contribution in [1.82, 2.24) is 25.1 Å². The molecule has 0 aromatic carbocycles. The number of thioether (sulfide) groups is 1. The second-order valence-electron chi connectivity index (χ2n) is 6.74. The monoisotopic (exact) mass is 393 g/mol. The lowest BCUT2D eigenvalue weighted by atomic mass is 9.95. The number of hydrogen-bond donors (Lipinski definition) is 1. The topological polar surface area (TPSA) is 72.7 Å². The van der Waals surface area contributed by atoms with E-state index in [2.05, 4.69) is 20.0 Å². The molecule has 28 heavy (non-hydrogen) atoms. The van der Waals surface area contributed by atoms with Crippen LogP contribution in [0.3, 0.4) is 0 Å². The predicted molar refractivity (Wildman–Crippen MR) is 110 cm³/mol. The molecule has 6 nitrogen and oxygen atoms in total. The van der Waals surface area contributed by atoms with Gasteiger partial charge in [-0.2, -0.15) is 5.10 Å². The number of fused-ring (bicyclic) bond motifs is 1. The molecule has 144 valence electrons. The van der Waals surface area contributed by atoms with E-state index in [-0.39, 0.29) is 5.91 Å². The van der Waals surface area contributed by atoms with Crippen LogP contribution in [-0.4, -0.2) is 38.5 Å². The number of carbonyl (C=O) groups excluding carboxylic acids is 1. The van der Waals surface area contributed by atoms with Crippen LogP contribution in [0.2, 0.25) is 0 Å². The lowest BCUT2D eigenvalue weighted by molar-refractivity contribution is 0.0948. The Morgan fingerprint density at radius 2 is 2.00 bits per heavy atom. The van der Waals surface area contributed by atoms with Gasteiger partial charge in [-0.25, -0.2) is 4.98 Å². The van der Waals surface area contributed by atoms with Gasteiger partial charge in [-0.1, -0.05) is 6.07 Å². The van der Waals surface area contributed by atoms with Gasteiger partial charge >= 0.3 is 0 Å². The maximum absolute atomic E-state index is 12.5. The average Bonchev–Trinajstić information content (AvgIpc) is 3.13. The first-order valence-corrected chi connectivity index (χ1v) is 10.8. The molecular weight excluding hydrogens is 370 g/mol. The van der Waals surface area contributed by atoms with E-state index in [0.717, 1.165) is 29.3 Å². The van der Waals surface area contributed by atoms with Crippen molar-refractivity contribution in [3.8, 4) is 11.4 Å². The zero-order chi connectivity index (χ0) is 19.3. The first kappa shape index (κ1) is 18.7. The third-order valence-corrected chi connectivity index (χ3v) is 5.69. The molecule has 0 fully saturated rings. The molecule has 1 aliphatic rings. The van der Waals surface area contributed by atoms with E-state index in [4.69, 9.17) is 5.10 Å². The van der Waals surface area contributed by atoms with Gasteiger partial charge in [0.25, 0.3) is 5.91 Å². The van der Waals surface area contributed by atoms with Crippen molar-refractivity contribution in [2.45, 2.75) is 37.3 Å². The largest absolute Gasteiger partial charge is 0.350 e. The van der Waals surface area contributed by atoms with Crippen LogP contribution in [0.15, 0.2) is 47.8 Å². The summed E-state index contributed by atoms with van der Waals surface area (Å²) >= 11 is 1.48. The molecule has 1 amide bonds. The fourth-order valence-electron chi connectivity index (χ4n) is 3.66. The first-order chi connectivity index (χ1) is 13.8. The van der Waals surface area contributed by atoms with Crippen LogP contribution < -0.4 is 5.32 Å². The number of aromatic nitrogens is 4. The van der Waals surface area contributed by atoms with Crippen LogP contribution in [0.1, 0.15) is 34.5 Å². The quantitative estimate of drug-likeness (QED) is 0.650. The van der Waals surface area contributed by atoms with Crippen molar-refractivity contribution in [3.63, 3.8) is 0 Å². The Hall–Kier alpha value is -2.67. The normalized spacial score (nSPS) is 13.2. The molecule has 4 rings (SSSR count). The summed E-state index contributed by atoms with van der Waals surface area (Å²) in [5.74, 6) is -0.0941. The van der Waals surface area contributed by atoms with Gasteiger partial charge in [0, 0.05) is 30.2 Å². The van der Waals surface area contributed by atoms with E-state index in [1.807, 2.05) is 30.5 Å². The molecule has 0 unspecified atom stereocenters. The van der Waals surface area contributed by atoms with Crippen molar-refractivity contribution in [3.05, 3.63) is 59.5 Å². The highest BCUT2D eigenvalue weighted by molar-refractivity contribution is 7.98. The molecule has 0 saturated heterocycles. The molecule has 0 aliphatic heterocycles. The maximum atomic E-state index is 12.5. The van der Waals surface area contributed by atoms with Crippen LogP contribution in [0.4, 0.5) is 0 Å². The van der Waals surface area contributed by atoms with Crippen LogP contribution >= 0.6 is 11.8 Å². The smallest absolute Gasteiger partial charge is 0.254 e. The lowest BCUT2D eigenvalue weighted by Crippen LogP contribution is -2.28. The average molecular weight is 394 g/mol. The van der Waals surface area contributed by atoms with Crippen LogP contribution in [0, 0.1) is 0 Å². The van der Waals surface area contributed by atoms with Gasteiger partial charge < -0.3 is 5.32 Å². The van der Waals surface area contributed by atoms with Crippen LogP contribution in [0.25, 0.3) is 11.4 Å². The molecule has 1 N–H and O–H groups in total. The second kappa shape index (κ2) is 8.56. The van der Waals surface area contributed by atoms with Crippen molar-refractivity contribution in [2.24, 2.45) is 0 Å². The Bertz CT molecular complexity index is 970. The summed E-state index contributed by atoms with van der Waals surface area (Å²) in [7, 11) is 0. The van der Waals surface area contributed by atoms with E-state index in [9.17, 15) is 4.79 Å². The Morgan fingerprint density at radius 1 is 1.14 bits per heavy atom. The molecule has 1 aliphatic carbocycles. The summed E-state index contributed by atoms with van der Waals surface area (Å²) in [5, 5.41) is 8.61. The molecule has 3 aromatic rings. The zero-order valence-corrected chi connectivity index (χ0v) is 16.7. The van der Waals surface area contributed by atoms with E-state index < -0.39 is 0 Å². The number of carbonyl (C=O) groups is 1. The maximum Gasteiger partial charge on any atom is 0.254 e. The number of rotatable bonds is 6. The zero-order valence-electron chi connectivity index (χ0n) is 15.9. The Morgan fingerprint density at radius 3 is 2.82 bits per heavy atom. The minimum Gasteiger partial charge on any atom is -0.350 e. The van der Waals surface area contributed by atoms with E-state index >= 15 is 0 Å². The molecule has 7 heteroatoms. The number of pyridine rings is 2. The minimum atomic E-state index is -0.0941. The standard InChI is InChI=1S/C21H23N5OS/c1-28-21-16(8-6-12-24-21)20(27)23-13-14-26-18-10-3-2-7-15(18)19(25-26)17-9-4-5-11-22-17/h4-6,8-9,11-12H,2-3,7,10,13-14H2,1H3,(H,23,27). The molecule has 3 heterocycles. The fraction of sp³-hybridized carbons (Fsp3) is 0.333. The van der Waals surface area contributed by atoms with Gasteiger partial charge in [-0.05, 0) is 56.2 Å². The highest BCUT2D eigenvalue weighted by Gasteiger charge is 2.22. The predicted octanol–water partition coefficient (Wildman–Crippen LogP) is 3.37. The Balaban J connectivity index is 1.49. The Kier molecular flexibility index (Phi) is 5.71. The summed E-state index contributed by atoms with van der Waals surface area (Å²) in [4.78, 5) is 21.3. The van der Waals surface area contributed by atoms with Crippen molar-refractivity contribution < 1.29 is 4.79 Å². The molecular formula is C21H23N5OS. The lowest BCUT2D eigenvalue weighted by Gasteiger charge is -2.14. The number of nitrogens with one attached hydrogen (secondary N) is 1. The van der Waals surface area contributed by atoms with Crippen molar-refractivity contribution in [1.29, 1.82) is 0 Å². The third kappa shape index (κ3) is 3.80. The molecule has 0 spiro atoms. The van der Waals surface area contributed by atoms with Gasteiger partial charge in [-0.3, -0.25) is 14.5 Å². The van der Waals surface area contributed by atoms with Crippen molar-refractivity contribution >= 4 is 17.7 Å². The molecule has 3 aromatic heterocycles. The molecule has 0 saturated carbocycles. The van der Waals surface area contributed by atoms with E-state index in [0.29, 0.717) is 18.7 Å². The summed E-state index contributed by atoms with van der Waals surface area (Å²) in [5.41, 5.74) is 5.12. The first-order valence-electron chi connectivity index (χ1n) is 9.55. The van der Waals surface area contributed by atoms with Gasteiger partial charge in [0.1, 0.15) is 10.7 Å². The summed E-state index contributed by atoms with van der Waals surface area (Å²) in [6, 6.07) is 9.52. The highest BCUT2D eigenvalue weighted by atomic mass is 32.2. The van der Waals surface area contributed by atoms with Gasteiger partial charge in [0.05, 0.1) is 17.8 Å². The third-order valence-electron chi connectivity index (χ3n) is 4.98. The van der Waals surface area contributed by atoms with Gasteiger partial charge in [0.15, 0.2) is 0 Å². The molecule has 0 bridgehead atoms. The van der Waals surface area contributed by atoms with Crippen LogP contribution in [0.5, 0.6) is 0 Å². The molecule has 0 atom stereocenters. The van der Waals surface area contributed by atoms with Crippen LogP contribution in [-0.2, 0) is 19.4 Å². The van der Waals surface area contributed by atoms with E-state index in [1.54, 1.807) is 18.5 Å². The number of hydrogen-bond acceptors (Lipinski definition) is 5. The van der Waals surface area contributed by atoms with E-state index in [1.165, 1.54) is 35.9 Å². The number of amides is 1. The number of nitrogens with zero attached hydrogens (tertiary/aromatic N) is 4. The Labute approximate surface area is 168 Å².